The number of fused-ring (bicyclic) bond motifs is 1. The molecule has 1 aromatic heterocycles. The van der Waals surface area contributed by atoms with Crippen LogP contribution in [-0.4, -0.2) is 49.2 Å². The van der Waals surface area contributed by atoms with Gasteiger partial charge in [-0.25, -0.2) is 13.2 Å². The summed E-state index contributed by atoms with van der Waals surface area (Å²) in [6.45, 7) is 2.65. The van der Waals surface area contributed by atoms with E-state index < -0.39 is 21.7 Å². The Kier molecular flexibility index (Phi) is 7.69. The highest BCUT2D eigenvalue weighted by molar-refractivity contribution is 7.89. The van der Waals surface area contributed by atoms with Crippen LogP contribution in [0.3, 0.4) is 0 Å². The Morgan fingerprint density at radius 1 is 1.16 bits per heavy atom. The predicted molar refractivity (Wildman–Crippen MR) is 116 cm³/mol. The number of carbonyl (C=O) groups excluding carboxylic acids is 1. The van der Waals surface area contributed by atoms with Crippen LogP contribution >= 0.6 is 0 Å². The third kappa shape index (κ3) is 5.44. The van der Waals surface area contributed by atoms with Crippen LogP contribution in [0.2, 0.25) is 0 Å². The first-order valence-electron chi connectivity index (χ1n) is 10.5. The van der Waals surface area contributed by atoms with Gasteiger partial charge in [0, 0.05) is 36.1 Å². The molecule has 2 heterocycles. The van der Waals surface area contributed by atoms with Crippen LogP contribution in [0, 0.1) is 0 Å². The Morgan fingerprint density at radius 2 is 1.97 bits per heavy atom. The molecule has 10 heteroatoms. The van der Waals surface area contributed by atoms with E-state index in [9.17, 15) is 18.0 Å². The lowest BCUT2D eigenvalue weighted by atomic mass is 10.2. The summed E-state index contributed by atoms with van der Waals surface area (Å²) in [5, 5.41) is 0.548. The maximum atomic E-state index is 13.0. The van der Waals surface area contributed by atoms with Crippen molar-refractivity contribution in [2.75, 3.05) is 19.7 Å². The predicted octanol–water partition coefficient (Wildman–Crippen LogP) is 2.41. The lowest BCUT2D eigenvalue weighted by molar-refractivity contribution is 0.0321. The molecule has 2 N–H and O–H groups in total. The highest BCUT2D eigenvalue weighted by atomic mass is 32.2. The molecule has 170 valence electrons. The monoisotopic (exact) mass is 451 g/mol. The van der Waals surface area contributed by atoms with Crippen molar-refractivity contribution in [1.82, 2.24) is 8.87 Å². The van der Waals surface area contributed by atoms with Gasteiger partial charge in [-0.15, -0.1) is 0 Å². The van der Waals surface area contributed by atoms with E-state index in [0.29, 0.717) is 18.4 Å². The van der Waals surface area contributed by atoms with Gasteiger partial charge in [0.25, 0.3) is 5.56 Å². The van der Waals surface area contributed by atoms with Gasteiger partial charge in [-0.2, -0.15) is 4.31 Å². The standard InChI is InChI=1S/C21H29N3O6S/c1-2-3-4-5-13-29-21(26)30-15-23-11-10-17-18(20(23)25)7-6-8-19(17)31(27,28)24-12-9-16(22)14-24/h6-8,10-11,16H,2-5,9,12-15,22H2,1H3/t16-/m0/s1. The summed E-state index contributed by atoms with van der Waals surface area (Å²) in [6, 6.07) is 5.92. The number of ether oxygens (including phenoxy) is 2. The second-order valence-corrected chi connectivity index (χ2v) is 9.56. The van der Waals surface area contributed by atoms with Crippen molar-refractivity contribution in [3.63, 3.8) is 0 Å². The van der Waals surface area contributed by atoms with Gasteiger partial charge in [0.2, 0.25) is 10.0 Å². The van der Waals surface area contributed by atoms with Crippen molar-refractivity contribution < 1.29 is 22.7 Å². The number of carbonyl (C=O) groups is 1. The zero-order valence-corrected chi connectivity index (χ0v) is 18.5. The van der Waals surface area contributed by atoms with Gasteiger partial charge in [0.05, 0.1) is 11.5 Å². The molecule has 1 fully saturated rings. The first kappa shape index (κ1) is 23.2. The van der Waals surface area contributed by atoms with Gasteiger partial charge in [-0.1, -0.05) is 32.3 Å². The number of hydrogen-bond acceptors (Lipinski definition) is 7. The number of benzene rings is 1. The zero-order chi connectivity index (χ0) is 22.4. The van der Waals surface area contributed by atoms with Gasteiger partial charge in [-0.3, -0.25) is 9.36 Å². The van der Waals surface area contributed by atoms with Crippen molar-refractivity contribution >= 4 is 27.0 Å². The average molecular weight is 452 g/mol. The van der Waals surface area contributed by atoms with Crippen LogP contribution in [-0.2, 0) is 26.2 Å². The zero-order valence-electron chi connectivity index (χ0n) is 17.7. The number of aromatic nitrogens is 1. The molecule has 1 aliphatic rings. The number of nitrogens with two attached hydrogens (primary N) is 1. The van der Waals surface area contributed by atoms with Crippen molar-refractivity contribution in [2.45, 2.75) is 56.7 Å². The van der Waals surface area contributed by atoms with Crippen LogP contribution in [0.5, 0.6) is 0 Å². The van der Waals surface area contributed by atoms with Crippen LogP contribution in [0.25, 0.3) is 10.8 Å². The minimum atomic E-state index is -3.77. The van der Waals surface area contributed by atoms with E-state index in [1.165, 1.54) is 27.2 Å². The fourth-order valence-electron chi connectivity index (χ4n) is 3.58. The van der Waals surface area contributed by atoms with E-state index in [1.807, 2.05) is 0 Å². The Morgan fingerprint density at radius 3 is 2.68 bits per heavy atom. The summed E-state index contributed by atoms with van der Waals surface area (Å²) >= 11 is 0. The molecule has 0 saturated carbocycles. The minimum absolute atomic E-state index is 0.0655. The molecule has 9 nitrogen and oxygen atoms in total. The number of pyridine rings is 1. The number of sulfonamides is 1. The second-order valence-electron chi connectivity index (χ2n) is 7.65. The van der Waals surface area contributed by atoms with Crippen LogP contribution < -0.4 is 11.3 Å². The quantitative estimate of drug-likeness (QED) is 0.459. The van der Waals surface area contributed by atoms with Gasteiger partial charge in [0.15, 0.2) is 6.73 Å². The average Bonchev–Trinajstić information content (AvgIpc) is 3.20. The molecule has 1 saturated heterocycles. The van der Waals surface area contributed by atoms with E-state index in [-0.39, 0.29) is 36.2 Å². The first-order chi connectivity index (χ1) is 14.8. The van der Waals surface area contributed by atoms with E-state index in [1.54, 1.807) is 12.1 Å². The topological polar surface area (TPSA) is 121 Å². The summed E-state index contributed by atoms with van der Waals surface area (Å²) in [7, 11) is -3.77. The molecule has 0 aliphatic carbocycles. The fourth-order valence-corrected chi connectivity index (χ4v) is 5.29. The molecule has 0 amide bonds. The molecule has 3 rings (SSSR count). The molecule has 1 aliphatic heterocycles. The first-order valence-corrected chi connectivity index (χ1v) is 12.0. The molecule has 0 spiro atoms. The smallest absolute Gasteiger partial charge is 0.434 e. The van der Waals surface area contributed by atoms with Gasteiger partial charge in [0.1, 0.15) is 0 Å². The largest absolute Gasteiger partial charge is 0.510 e. The molecule has 0 radical (unpaired) electrons. The van der Waals surface area contributed by atoms with Crippen LogP contribution in [0.4, 0.5) is 4.79 Å². The van der Waals surface area contributed by atoms with Crippen LogP contribution in [0.1, 0.15) is 39.0 Å². The molecular weight excluding hydrogens is 422 g/mol. The lowest BCUT2D eigenvalue weighted by Gasteiger charge is -2.17. The molecule has 1 aromatic carbocycles. The molecule has 31 heavy (non-hydrogen) atoms. The van der Waals surface area contributed by atoms with Crippen molar-refractivity contribution in [2.24, 2.45) is 5.73 Å². The summed E-state index contributed by atoms with van der Waals surface area (Å²) < 4.78 is 38.6. The van der Waals surface area contributed by atoms with Crippen molar-refractivity contribution in [3.05, 3.63) is 40.8 Å². The number of rotatable bonds is 9. The van der Waals surface area contributed by atoms with E-state index >= 15 is 0 Å². The minimum Gasteiger partial charge on any atom is -0.434 e. The number of unbranched alkanes of at least 4 members (excludes halogenated alkanes) is 3. The SMILES string of the molecule is CCCCCCOC(=O)OCn1ccc2c(S(=O)(=O)N3CC[C@H](N)C3)cccc2c1=O. The summed E-state index contributed by atoms with van der Waals surface area (Å²) in [6.07, 6.45) is 5.07. The molecule has 1 atom stereocenters. The highest BCUT2D eigenvalue weighted by Crippen LogP contribution is 2.26. The maximum Gasteiger partial charge on any atom is 0.510 e. The molecule has 2 aromatic rings. The number of hydrogen-bond donors (Lipinski definition) is 1. The van der Waals surface area contributed by atoms with E-state index in [4.69, 9.17) is 15.2 Å². The Bertz CT molecular complexity index is 1080. The van der Waals surface area contributed by atoms with Gasteiger partial charge < -0.3 is 15.2 Å². The fraction of sp³-hybridized carbons (Fsp3) is 0.524. The third-order valence-corrected chi connectivity index (χ3v) is 7.25. The van der Waals surface area contributed by atoms with E-state index in [0.717, 1.165) is 25.7 Å². The number of nitrogens with zero attached hydrogens (tertiary/aromatic N) is 2. The van der Waals surface area contributed by atoms with Crippen LogP contribution in [0.15, 0.2) is 40.2 Å². The molecule has 0 bridgehead atoms. The Balaban J connectivity index is 1.73. The summed E-state index contributed by atoms with van der Waals surface area (Å²) in [5.41, 5.74) is 5.40. The third-order valence-electron chi connectivity index (χ3n) is 5.32. The van der Waals surface area contributed by atoms with Gasteiger partial charge >= 0.3 is 6.16 Å². The van der Waals surface area contributed by atoms with E-state index in [2.05, 4.69) is 6.92 Å². The normalized spacial score (nSPS) is 17.2. The molecular formula is C21H29N3O6S. The highest BCUT2D eigenvalue weighted by Gasteiger charge is 2.32. The maximum absolute atomic E-state index is 13.0. The van der Waals surface area contributed by atoms with Crippen molar-refractivity contribution in [3.8, 4) is 0 Å². The summed E-state index contributed by atoms with van der Waals surface area (Å²) in [5.74, 6) is 0. The Hall–Kier alpha value is -2.43. The lowest BCUT2D eigenvalue weighted by Crippen LogP contribution is -2.32. The second kappa shape index (κ2) is 10.3. The van der Waals surface area contributed by atoms with Crippen molar-refractivity contribution in [1.29, 1.82) is 0 Å². The molecule has 0 unspecified atom stereocenters. The Labute approximate surface area is 181 Å². The summed E-state index contributed by atoms with van der Waals surface area (Å²) in [4.78, 5) is 24.6. The van der Waals surface area contributed by atoms with Gasteiger partial charge in [-0.05, 0) is 31.0 Å².